The van der Waals surface area contributed by atoms with Crippen molar-refractivity contribution in [2.24, 2.45) is 0 Å². The lowest BCUT2D eigenvalue weighted by atomic mass is 9.93. The topological polar surface area (TPSA) is 0 Å². The van der Waals surface area contributed by atoms with Crippen molar-refractivity contribution in [1.29, 1.82) is 0 Å². The van der Waals surface area contributed by atoms with Gasteiger partial charge in [-0.15, -0.1) is 0 Å². The van der Waals surface area contributed by atoms with Crippen LogP contribution >= 0.6 is 22.6 Å². The first-order valence-electron chi connectivity index (χ1n) is 6.92. The van der Waals surface area contributed by atoms with Crippen LogP contribution in [0.15, 0.2) is 54.6 Å². The van der Waals surface area contributed by atoms with Gasteiger partial charge >= 0.3 is 0 Å². The van der Waals surface area contributed by atoms with Gasteiger partial charge in [-0.25, -0.2) is 0 Å². The van der Waals surface area contributed by atoms with Crippen molar-refractivity contribution in [3.63, 3.8) is 0 Å². The molecule has 3 aromatic carbocycles. The third-order valence-electron chi connectivity index (χ3n) is 4.46. The Morgan fingerprint density at radius 1 is 0.850 bits per heavy atom. The van der Waals surface area contributed by atoms with E-state index in [1.807, 2.05) is 0 Å². The van der Waals surface area contributed by atoms with Crippen molar-refractivity contribution in [2.75, 3.05) is 0 Å². The molecule has 20 heavy (non-hydrogen) atoms. The Kier molecular flexibility index (Phi) is 2.53. The van der Waals surface area contributed by atoms with E-state index in [0.717, 1.165) is 0 Å². The van der Waals surface area contributed by atoms with Crippen molar-refractivity contribution in [3.05, 3.63) is 71.3 Å². The molecule has 1 aliphatic carbocycles. The summed E-state index contributed by atoms with van der Waals surface area (Å²) >= 11 is 2.60. The molecule has 1 aliphatic rings. The highest BCUT2D eigenvalue weighted by Crippen LogP contribution is 2.55. The Morgan fingerprint density at radius 2 is 1.50 bits per heavy atom. The summed E-state index contributed by atoms with van der Waals surface area (Å²) in [5.74, 6) is 0. The third-order valence-corrected chi connectivity index (χ3v) is 5.62. The van der Waals surface area contributed by atoms with Crippen molar-refractivity contribution >= 4 is 33.4 Å². The second-order valence-corrected chi connectivity index (χ2v) is 7.87. The maximum atomic E-state index is 2.60. The molecular weight excluding hydrogens is 355 g/mol. The Morgan fingerprint density at radius 3 is 2.30 bits per heavy atom. The van der Waals surface area contributed by atoms with Gasteiger partial charge in [0.1, 0.15) is 0 Å². The van der Waals surface area contributed by atoms with Gasteiger partial charge in [0, 0.05) is 0 Å². The van der Waals surface area contributed by atoms with Gasteiger partial charge in [0.25, 0.3) is 0 Å². The standard InChI is InChI=1S/C19H15I/c1-12-11-17-18(14-8-4-3-7-13(12)14)15-9-5-6-10-16(15)19(17,2)20/h3-11H,1-2H3. The third kappa shape index (κ3) is 1.47. The first-order valence-corrected chi connectivity index (χ1v) is 8.00. The van der Waals surface area contributed by atoms with E-state index in [1.54, 1.807) is 0 Å². The molecule has 0 saturated heterocycles. The van der Waals surface area contributed by atoms with Crippen LogP contribution in [0.5, 0.6) is 0 Å². The van der Waals surface area contributed by atoms with Gasteiger partial charge in [0.2, 0.25) is 0 Å². The normalized spacial score (nSPS) is 19.9. The summed E-state index contributed by atoms with van der Waals surface area (Å²) in [5, 5.41) is 2.76. The van der Waals surface area contributed by atoms with Gasteiger partial charge in [-0.2, -0.15) is 0 Å². The van der Waals surface area contributed by atoms with Gasteiger partial charge in [0.05, 0.1) is 3.42 Å². The number of rotatable bonds is 0. The van der Waals surface area contributed by atoms with Gasteiger partial charge in [-0.1, -0.05) is 77.2 Å². The number of hydrogen-bond acceptors (Lipinski definition) is 0. The fourth-order valence-corrected chi connectivity index (χ4v) is 4.37. The van der Waals surface area contributed by atoms with E-state index in [4.69, 9.17) is 0 Å². The summed E-state index contributed by atoms with van der Waals surface area (Å²) in [4.78, 5) is 0. The Bertz CT molecular complexity index is 844. The van der Waals surface area contributed by atoms with E-state index < -0.39 is 0 Å². The van der Waals surface area contributed by atoms with Crippen LogP contribution < -0.4 is 0 Å². The fourth-order valence-electron chi connectivity index (χ4n) is 3.47. The SMILES string of the molecule is Cc1cc2c(c3ccccc13)-c1ccccc1C2(C)I. The number of halogens is 1. The minimum absolute atomic E-state index is 0.0679. The van der Waals surface area contributed by atoms with Gasteiger partial charge < -0.3 is 0 Å². The lowest BCUT2D eigenvalue weighted by Crippen LogP contribution is -2.10. The highest BCUT2D eigenvalue weighted by Gasteiger charge is 2.37. The Hall–Kier alpha value is -1.35. The van der Waals surface area contributed by atoms with Crippen molar-refractivity contribution in [3.8, 4) is 11.1 Å². The number of benzene rings is 3. The molecule has 0 spiro atoms. The number of hydrogen-bond donors (Lipinski definition) is 0. The number of fused-ring (bicyclic) bond motifs is 5. The maximum Gasteiger partial charge on any atom is 0.0702 e. The van der Waals surface area contributed by atoms with Gasteiger partial charge in [-0.3, -0.25) is 0 Å². The summed E-state index contributed by atoms with van der Waals surface area (Å²) in [7, 11) is 0. The average molecular weight is 370 g/mol. The van der Waals surface area contributed by atoms with Crippen LogP contribution in [0.1, 0.15) is 23.6 Å². The van der Waals surface area contributed by atoms with E-state index in [-0.39, 0.29) is 3.42 Å². The molecule has 1 unspecified atom stereocenters. The van der Waals surface area contributed by atoms with Crippen LogP contribution in [0, 0.1) is 6.92 Å². The number of alkyl halides is 1. The molecule has 4 rings (SSSR count). The quantitative estimate of drug-likeness (QED) is 0.345. The van der Waals surface area contributed by atoms with Crippen LogP contribution in [-0.2, 0) is 3.42 Å². The zero-order valence-electron chi connectivity index (χ0n) is 11.6. The Balaban J connectivity index is 2.25. The predicted molar refractivity (Wildman–Crippen MR) is 94.6 cm³/mol. The molecule has 1 heteroatoms. The van der Waals surface area contributed by atoms with E-state index in [9.17, 15) is 0 Å². The predicted octanol–water partition coefficient (Wildman–Crippen LogP) is 5.83. The average Bonchev–Trinajstić information content (AvgIpc) is 2.69. The van der Waals surface area contributed by atoms with Gasteiger partial charge in [-0.05, 0) is 52.4 Å². The van der Waals surface area contributed by atoms with E-state index in [2.05, 4.69) is 91.0 Å². The number of aryl methyl sites for hydroxylation is 1. The highest BCUT2D eigenvalue weighted by atomic mass is 127. The molecule has 0 amide bonds. The molecule has 3 aromatic rings. The van der Waals surface area contributed by atoms with E-state index in [0.29, 0.717) is 0 Å². The van der Waals surface area contributed by atoms with Crippen LogP contribution in [-0.4, -0.2) is 0 Å². The van der Waals surface area contributed by atoms with Crippen LogP contribution in [0.2, 0.25) is 0 Å². The van der Waals surface area contributed by atoms with Gasteiger partial charge in [0.15, 0.2) is 0 Å². The molecule has 0 aliphatic heterocycles. The first kappa shape index (κ1) is 12.4. The second kappa shape index (κ2) is 4.08. The second-order valence-electron chi connectivity index (χ2n) is 5.71. The summed E-state index contributed by atoms with van der Waals surface area (Å²) < 4.78 is 0.0679. The van der Waals surface area contributed by atoms with Crippen molar-refractivity contribution in [1.82, 2.24) is 0 Å². The molecule has 0 bridgehead atoms. The lowest BCUT2D eigenvalue weighted by Gasteiger charge is -2.20. The largest absolute Gasteiger partial charge is 0.0702 e. The summed E-state index contributed by atoms with van der Waals surface area (Å²) in [6.45, 7) is 4.55. The molecule has 0 fully saturated rings. The molecule has 1 atom stereocenters. The molecule has 0 aromatic heterocycles. The molecule has 0 N–H and O–H groups in total. The summed E-state index contributed by atoms with van der Waals surface area (Å²) in [5.41, 5.74) is 7.09. The minimum atomic E-state index is 0.0679. The zero-order valence-corrected chi connectivity index (χ0v) is 13.7. The molecule has 0 nitrogen and oxygen atoms in total. The van der Waals surface area contributed by atoms with Crippen molar-refractivity contribution < 1.29 is 0 Å². The monoisotopic (exact) mass is 370 g/mol. The lowest BCUT2D eigenvalue weighted by molar-refractivity contribution is 0.915. The first-order chi connectivity index (χ1) is 9.60. The fraction of sp³-hybridized carbons (Fsp3) is 0.158. The minimum Gasteiger partial charge on any atom is -0.0686 e. The summed E-state index contributed by atoms with van der Waals surface area (Å²) in [6, 6.07) is 20.0. The molecule has 0 saturated carbocycles. The smallest absolute Gasteiger partial charge is 0.0686 e. The van der Waals surface area contributed by atoms with Crippen molar-refractivity contribution in [2.45, 2.75) is 17.3 Å². The summed E-state index contributed by atoms with van der Waals surface area (Å²) in [6.07, 6.45) is 0. The molecule has 98 valence electrons. The molecular formula is C19H15I. The highest BCUT2D eigenvalue weighted by molar-refractivity contribution is 14.1. The van der Waals surface area contributed by atoms with E-state index >= 15 is 0 Å². The van der Waals surface area contributed by atoms with E-state index in [1.165, 1.54) is 38.6 Å². The van der Waals surface area contributed by atoms with Crippen LogP contribution in [0.3, 0.4) is 0 Å². The Labute approximate surface area is 133 Å². The van der Waals surface area contributed by atoms with Crippen LogP contribution in [0.4, 0.5) is 0 Å². The maximum absolute atomic E-state index is 2.60. The zero-order chi connectivity index (χ0) is 13.9. The molecule has 0 radical (unpaired) electrons. The van der Waals surface area contributed by atoms with Crippen LogP contribution in [0.25, 0.3) is 21.9 Å². The molecule has 0 heterocycles.